The summed E-state index contributed by atoms with van der Waals surface area (Å²) in [6, 6.07) is 0. The molecule has 4 fully saturated rings. The summed E-state index contributed by atoms with van der Waals surface area (Å²) in [6.45, 7) is 6.33. The van der Waals surface area contributed by atoms with Crippen LogP contribution >= 0.6 is 0 Å². The van der Waals surface area contributed by atoms with E-state index < -0.39 is 11.2 Å². The van der Waals surface area contributed by atoms with Crippen LogP contribution in [0, 0.1) is 16.7 Å². The van der Waals surface area contributed by atoms with Gasteiger partial charge in [-0.15, -0.1) is 0 Å². The fraction of sp³-hybridized carbons (Fsp3) is 1.00. The second-order valence-electron chi connectivity index (χ2n) is 7.25. The summed E-state index contributed by atoms with van der Waals surface area (Å²) in [4.78, 5) is 0. The summed E-state index contributed by atoms with van der Waals surface area (Å²) in [5, 5.41) is 21.4. The van der Waals surface area contributed by atoms with Gasteiger partial charge in [-0.05, 0) is 55.8 Å². The predicted molar refractivity (Wildman–Crippen MR) is 58.4 cm³/mol. The van der Waals surface area contributed by atoms with Gasteiger partial charge in [-0.2, -0.15) is 0 Å². The highest BCUT2D eigenvalue weighted by Crippen LogP contribution is 2.70. The topological polar surface area (TPSA) is 40.5 Å². The summed E-state index contributed by atoms with van der Waals surface area (Å²) in [7, 11) is 0. The van der Waals surface area contributed by atoms with Gasteiger partial charge >= 0.3 is 0 Å². The first-order chi connectivity index (χ1) is 6.70. The van der Waals surface area contributed by atoms with E-state index in [2.05, 4.69) is 13.8 Å². The molecular weight excluding hydrogens is 188 g/mol. The Bertz CT molecular complexity index is 298. The Labute approximate surface area is 91.7 Å². The van der Waals surface area contributed by atoms with Crippen LogP contribution in [0.25, 0.3) is 0 Å². The lowest BCUT2D eigenvalue weighted by atomic mass is 9.38. The van der Waals surface area contributed by atoms with Crippen LogP contribution in [0.5, 0.6) is 0 Å². The van der Waals surface area contributed by atoms with Gasteiger partial charge in [-0.25, -0.2) is 0 Å². The molecule has 0 spiro atoms. The maximum absolute atomic E-state index is 10.8. The monoisotopic (exact) mass is 210 g/mol. The van der Waals surface area contributed by atoms with Crippen molar-refractivity contribution >= 4 is 0 Å². The van der Waals surface area contributed by atoms with Crippen LogP contribution in [0.15, 0.2) is 0 Å². The SMILES string of the molecule is CC12CC3CC(O)(C1)CC(C)(C3)C2(C)O. The van der Waals surface area contributed by atoms with Crippen molar-refractivity contribution < 1.29 is 10.2 Å². The molecule has 2 heteroatoms. The van der Waals surface area contributed by atoms with E-state index in [4.69, 9.17) is 0 Å². The maximum atomic E-state index is 10.8. The van der Waals surface area contributed by atoms with Crippen LogP contribution in [0.4, 0.5) is 0 Å². The van der Waals surface area contributed by atoms with Crippen molar-refractivity contribution in [2.45, 2.75) is 64.1 Å². The van der Waals surface area contributed by atoms with E-state index in [0.717, 1.165) is 32.1 Å². The number of rotatable bonds is 0. The zero-order valence-electron chi connectivity index (χ0n) is 10.0. The van der Waals surface area contributed by atoms with E-state index in [0.29, 0.717) is 5.92 Å². The molecule has 0 aromatic heterocycles. The van der Waals surface area contributed by atoms with Gasteiger partial charge in [0.15, 0.2) is 0 Å². The van der Waals surface area contributed by atoms with Crippen molar-refractivity contribution in [3.63, 3.8) is 0 Å². The highest BCUT2D eigenvalue weighted by Gasteiger charge is 2.69. The van der Waals surface area contributed by atoms with Gasteiger partial charge in [-0.1, -0.05) is 13.8 Å². The zero-order chi connectivity index (χ0) is 11.1. The van der Waals surface area contributed by atoms with Gasteiger partial charge in [0.2, 0.25) is 0 Å². The van der Waals surface area contributed by atoms with Crippen molar-refractivity contribution in [2.75, 3.05) is 0 Å². The van der Waals surface area contributed by atoms with E-state index in [9.17, 15) is 10.2 Å². The minimum absolute atomic E-state index is 0.0735. The van der Waals surface area contributed by atoms with Gasteiger partial charge in [0.05, 0.1) is 11.2 Å². The number of hydrogen-bond donors (Lipinski definition) is 2. The van der Waals surface area contributed by atoms with Crippen LogP contribution in [0.1, 0.15) is 52.9 Å². The van der Waals surface area contributed by atoms with Gasteiger partial charge in [-0.3, -0.25) is 0 Å². The summed E-state index contributed by atoms with van der Waals surface area (Å²) in [5.41, 5.74) is -1.23. The van der Waals surface area contributed by atoms with Crippen LogP contribution in [-0.2, 0) is 0 Å². The summed E-state index contributed by atoms with van der Waals surface area (Å²) in [5.74, 6) is 0.632. The van der Waals surface area contributed by atoms with Gasteiger partial charge in [0.1, 0.15) is 0 Å². The van der Waals surface area contributed by atoms with Gasteiger partial charge in [0.25, 0.3) is 0 Å². The molecule has 0 aromatic rings. The number of aliphatic hydroxyl groups is 2. The molecule has 4 rings (SSSR count). The highest BCUT2D eigenvalue weighted by atomic mass is 16.3. The second-order valence-corrected chi connectivity index (χ2v) is 7.25. The first kappa shape index (κ1) is 10.1. The van der Waals surface area contributed by atoms with Crippen molar-refractivity contribution in [3.05, 3.63) is 0 Å². The quantitative estimate of drug-likeness (QED) is 0.642. The molecular formula is C13H22O2. The average molecular weight is 210 g/mol. The molecule has 2 N–H and O–H groups in total. The van der Waals surface area contributed by atoms with E-state index in [1.807, 2.05) is 6.92 Å². The Kier molecular flexibility index (Phi) is 1.54. The van der Waals surface area contributed by atoms with Crippen LogP contribution in [0.3, 0.4) is 0 Å². The van der Waals surface area contributed by atoms with E-state index >= 15 is 0 Å². The molecule has 0 aliphatic heterocycles. The number of hydrogen-bond acceptors (Lipinski definition) is 2. The largest absolute Gasteiger partial charge is 0.390 e. The molecule has 0 saturated heterocycles. The normalized spacial score (nSPS) is 67.4. The maximum Gasteiger partial charge on any atom is 0.0728 e. The third-order valence-corrected chi connectivity index (χ3v) is 5.94. The summed E-state index contributed by atoms with van der Waals surface area (Å²) >= 11 is 0. The molecule has 0 amide bonds. The van der Waals surface area contributed by atoms with E-state index in [1.165, 1.54) is 0 Å². The predicted octanol–water partition coefficient (Wildman–Crippen LogP) is 2.09. The lowest BCUT2D eigenvalue weighted by molar-refractivity contribution is -0.296. The highest BCUT2D eigenvalue weighted by molar-refractivity contribution is 5.20. The molecule has 15 heavy (non-hydrogen) atoms. The molecule has 2 atom stereocenters. The van der Waals surface area contributed by atoms with Crippen molar-refractivity contribution in [3.8, 4) is 0 Å². The van der Waals surface area contributed by atoms with E-state index in [-0.39, 0.29) is 10.8 Å². The molecule has 2 nitrogen and oxygen atoms in total. The van der Waals surface area contributed by atoms with Crippen LogP contribution in [0.2, 0.25) is 0 Å². The average Bonchev–Trinajstić information content (AvgIpc) is 1.95. The Balaban J connectivity index is 2.14. The fourth-order valence-electron chi connectivity index (χ4n) is 5.30. The molecule has 86 valence electrons. The molecule has 4 aliphatic rings. The summed E-state index contributed by atoms with van der Waals surface area (Å²) < 4.78 is 0. The van der Waals surface area contributed by atoms with Crippen LogP contribution < -0.4 is 0 Å². The lowest BCUT2D eigenvalue weighted by Crippen LogP contribution is -2.71. The molecule has 0 aromatic carbocycles. The molecule has 2 unspecified atom stereocenters. The zero-order valence-corrected chi connectivity index (χ0v) is 10.0. The molecule has 0 heterocycles. The molecule has 4 saturated carbocycles. The Morgan fingerprint density at radius 2 is 1.33 bits per heavy atom. The first-order valence-electron chi connectivity index (χ1n) is 6.15. The van der Waals surface area contributed by atoms with Crippen LogP contribution in [-0.4, -0.2) is 21.4 Å². The summed E-state index contributed by atoms with van der Waals surface area (Å²) in [6.07, 6.45) is 4.74. The Hall–Kier alpha value is -0.0800. The van der Waals surface area contributed by atoms with Crippen molar-refractivity contribution in [1.29, 1.82) is 0 Å². The minimum atomic E-state index is -0.608. The molecule has 4 bridgehead atoms. The molecule has 4 aliphatic carbocycles. The smallest absolute Gasteiger partial charge is 0.0728 e. The fourth-order valence-corrected chi connectivity index (χ4v) is 5.30. The Morgan fingerprint density at radius 3 is 1.73 bits per heavy atom. The first-order valence-corrected chi connectivity index (χ1v) is 6.15. The Morgan fingerprint density at radius 1 is 0.867 bits per heavy atom. The standard InChI is InChI=1S/C13H22O2/c1-10-4-9-5-11(2,12(10,3)14)8-13(15,6-9)7-10/h9,14-15H,4-8H2,1-3H3. The third-order valence-electron chi connectivity index (χ3n) is 5.94. The third kappa shape index (κ3) is 0.980. The minimum Gasteiger partial charge on any atom is -0.390 e. The molecule has 0 radical (unpaired) electrons. The van der Waals surface area contributed by atoms with Gasteiger partial charge in [0, 0.05) is 0 Å². The van der Waals surface area contributed by atoms with Crippen molar-refractivity contribution in [2.24, 2.45) is 16.7 Å². The van der Waals surface area contributed by atoms with Gasteiger partial charge < -0.3 is 10.2 Å². The van der Waals surface area contributed by atoms with E-state index in [1.54, 1.807) is 0 Å². The lowest BCUT2D eigenvalue weighted by Gasteiger charge is -2.70. The van der Waals surface area contributed by atoms with Crippen molar-refractivity contribution in [1.82, 2.24) is 0 Å². The second kappa shape index (κ2) is 2.28.